The molecule has 0 spiro atoms. The van der Waals surface area contributed by atoms with Crippen LogP contribution in [0, 0.1) is 11.8 Å². The molecule has 0 aliphatic carbocycles. The number of nitrogens with two attached hydrogens (primary N) is 1. The van der Waals surface area contributed by atoms with Crippen LogP contribution in [0.2, 0.25) is 0 Å². The van der Waals surface area contributed by atoms with E-state index in [-0.39, 0.29) is 11.8 Å². The minimum atomic E-state index is -0.488. The largest absolute Gasteiger partial charge is 0.352 e. The lowest BCUT2D eigenvalue weighted by molar-refractivity contribution is -0.136. The third kappa shape index (κ3) is 3.35. The highest BCUT2D eigenvalue weighted by Gasteiger charge is 2.30. The average molecular weight is 254 g/mol. The Kier molecular flexibility index (Phi) is 4.41. The average Bonchev–Trinajstić information content (AvgIpc) is 2.89. The summed E-state index contributed by atoms with van der Waals surface area (Å²) in [4.78, 5) is 24.9. The number of nitrogens with zero attached hydrogens (tertiary/aromatic N) is 1. The first-order valence-corrected chi connectivity index (χ1v) is 6.69. The second-order valence-corrected chi connectivity index (χ2v) is 5.23. The predicted octanol–water partition coefficient (Wildman–Crippen LogP) is -0.497. The van der Waals surface area contributed by atoms with Crippen LogP contribution in [-0.4, -0.2) is 49.6 Å². The Balaban J connectivity index is 1.81. The van der Waals surface area contributed by atoms with Crippen molar-refractivity contribution in [2.24, 2.45) is 17.6 Å². The second-order valence-electron chi connectivity index (χ2n) is 5.23. The Morgan fingerprint density at radius 1 is 1.39 bits per heavy atom. The lowest BCUT2D eigenvalue weighted by atomic mass is 9.96. The van der Waals surface area contributed by atoms with Crippen LogP contribution in [0.25, 0.3) is 0 Å². The molecule has 2 aliphatic heterocycles. The number of rotatable bonds is 3. The summed E-state index contributed by atoms with van der Waals surface area (Å²) in [7, 11) is 0. The highest BCUT2D eigenvalue weighted by Crippen LogP contribution is 2.20. The van der Waals surface area contributed by atoms with Crippen molar-refractivity contribution in [1.29, 1.82) is 0 Å². The number of piperidine rings is 1. The molecule has 2 rings (SSSR count). The van der Waals surface area contributed by atoms with Crippen LogP contribution in [0.15, 0.2) is 0 Å². The van der Waals surface area contributed by atoms with Gasteiger partial charge in [0.05, 0.1) is 5.92 Å². The Hall–Kier alpha value is -1.30. The van der Waals surface area contributed by atoms with E-state index in [1.54, 1.807) is 0 Å². The van der Waals surface area contributed by atoms with E-state index in [2.05, 4.69) is 10.6 Å². The molecule has 6 heteroatoms. The van der Waals surface area contributed by atoms with Crippen LogP contribution in [0.1, 0.15) is 19.3 Å². The van der Waals surface area contributed by atoms with Gasteiger partial charge in [-0.25, -0.2) is 4.79 Å². The summed E-state index contributed by atoms with van der Waals surface area (Å²) < 4.78 is 0. The van der Waals surface area contributed by atoms with Crippen molar-refractivity contribution in [3.63, 3.8) is 0 Å². The smallest absolute Gasteiger partial charge is 0.312 e. The van der Waals surface area contributed by atoms with E-state index in [1.807, 2.05) is 4.90 Å². The molecule has 4 N–H and O–H groups in total. The van der Waals surface area contributed by atoms with E-state index in [0.717, 1.165) is 45.4 Å². The third-order valence-corrected chi connectivity index (χ3v) is 3.81. The number of hydrogen-bond donors (Lipinski definition) is 3. The molecular weight excluding hydrogens is 232 g/mol. The summed E-state index contributed by atoms with van der Waals surface area (Å²) in [5.41, 5.74) is 5.06. The molecule has 3 amide bonds. The Labute approximate surface area is 107 Å². The minimum absolute atomic E-state index is 0.146. The molecule has 2 saturated heterocycles. The van der Waals surface area contributed by atoms with Gasteiger partial charge in [0.25, 0.3) is 0 Å². The lowest BCUT2D eigenvalue weighted by Crippen LogP contribution is -2.46. The first-order chi connectivity index (χ1) is 8.66. The van der Waals surface area contributed by atoms with Gasteiger partial charge in [0.15, 0.2) is 0 Å². The number of carbonyl (C=O) groups excluding carboxylic acids is 2. The van der Waals surface area contributed by atoms with E-state index >= 15 is 0 Å². The fraction of sp³-hybridized carbons (Fsp3) is 0.833. The van der Waals surface area contributed by atoms with Gasteiger partial charge in [-0.3, -0.25) is 4.79 Å². The first kappa shape index (κ1) is 13.1. The highest BCUT2D eigenvalue weighted by atomic mass is 16.2. The van der Waals surface area contributed by atoms with Crippen LogP contribution in [0.5, 0.6) is 0 Å². The van der Waals surface area contributed by atoms with Crippen LogP contribution < -0.4 is 16.4 Å². The molecule has 0 aromatic rings. The minimum Gasteiger partial charge on any atom is -0.352 e. The molecule has 0 radical (unpaired) electrons. The summed E-state index contributed by atoms with van der Waals surface area (Å²) in [6.07, 6.45) is 3.00. The molecule has 0 aromatic carbocycles. The van der Waals surface area contributed by atoms with Gasteiger partial charge in [0.1, 0.15) is 0 Å². The van der Waals surface area contributed by atoms with Gasteiger partial charge in [-0.05, 0) is 31.7 Å². The summed E-state index contributed by atoms with van der Waals surface area (Å²) in [6, 6.07) is -0.488. The number of hydrogen-bond acceptors (Lipinski definition) is 3. The van der Waals surface area contributed by atoms with E-state index in [9.17, 15) is 9.59 Å². The van der Waals surface area contributed by atoms with Gasteiger partial charge >= 0.3 is 6.03 Å². The summed E-state index contributed by atoms with van der Waals surface area (Å²) in [6.45, 7) is 3.91. The molecule has 0 bridgehead atoms. The van der Waals surface area contributed by atoms with Crippen molar-refractivity contribution in [2.45, 2.75) is 19.3 Å². The number of amides is 3. The summed E-state index contributed by atoms with van der Waals surface area (Å²) in [5.74, 6) is 0.751. The molecule has 6 nitrogen and oxygen atoms in total. The monoisotopic (exact) mass is 254 g/mol. The van der Waals surface area contributed by atoms with E-state index in [1.165, 1.54) is 0 Å². The maximum Gasteiger partial charge on any atom is 0.312 e. The number of urea groups is 1. The zero-order valence-electron chi connectivity index (χ0n) is 10.7. The van der Waals surface area contributed by atoms with Gasteiger partial charge in [0, 0.05) is 26.2 Å². The number of carbonyl (C=O) groups is 2. The standard InChI is InChI=1S/C12H22N4O2/c13-12(18)15-6-9-2-1-5-16(8-9)11(17)10-3-4-14-7-10/h9-10,14H,1-8H2,(H3,13,15,18). The zero-order chi connectivity index (χ0) is 13.0. The molecule has 0 aromatic heterocycles. The van der Waals surface area contributed by atoms with Crippen LogP contribution in [0.4, 0.5) is 4.79 Å². The topological polar surface area (TPSA) is 87.5 Å². The van der Waals surface area contributed by atoms with Gasteiger partial charge < -0.3 is 21.3 Å². The van der Waals surface area contributed by atoms with E-state index in [4.69, 9.17) is 5.73 Å². The molecule has 102 valence electrons. The Bertz CT molecular complexity index is 315. The van der Waals surface area contributed by atoms with Gasteiger partial charge in [0.2, 0.25) is 5.91 Å². The van der Waals surface area contributed by atoms with Gasteiger partial charge in [-0.15, -0.1) is 0 Å². The molecule has 0 saturated carbocycles. The van der Waals surface area contributed by atoms with Crippen LogP contribution in [-0.2, 0) is 4.79 Å². The maximum atomic E-state index is 12.3. The maximum absolute atomic E-state index is 12.3. The molecular formula is C12H22N4O2. The number of nitrogens with one attached hydrogen (secondary N) is 2. The fourth-order valence-electron chi connectivity index (χ4n) is 2.80. The molecule has 2 unspecified atom stereocenters. The van der Waals surface area contributed by atoms with Gasteiger partial charge in [-0.2, -0.15) is 0 Å². The van der Waals surface area contributed by atoms with Crippen molar-refractivity contribution < 1.29 is 9.59 Å². The Morgan fingerprint density at radius 3 is 2.89 bits per heavy atom. The predicted molar refractivity (Wildman–Crippen MR) is 67.9 cm³/mol. The summed E-state index contributed by atoms with van der Waals surface area (Å²) >= 11 is 0. The quantitative estimate of drug-likeness (QED) is 0.634. The summed E-state index contributed by atoms with van der Waals surface area (Å²) in [5, 5.41) is 5.86. The zero-order valence-corrected chi connectivity index (χ0v) is 10.7. The van der Waals surface area contributed by atoms with Crippen LogP contribution in [0.3, 0.4) is 0 Å². The van der Waals surface area contributed by atoms with Crippen molar-refractivity contribution >= 4 is 11.9 Å². The third-order valence-electron chi connectivity index (χ3n) is 3.81. The van der Waals surface area contributed by atoms with Crippen LogP contribution >= 0.6 is 0 Å². The van der Waals surface area contributed by atoms with Crippen molar-refractivity contribution in [1.82, 2.24) is 15.5 Å². The molecule has 2 atom stereocenters. The first-order valence-electron chi connectivity index (χ1n) is 6.69. The molecule has 2 fully saturated rings. The second kappa shape index (κ2) is 6.04. The number of likely N-dealkylation sites (tertiary alicyclic amines) is 1. The van der Waals surface area contributed by atoms with Crippen molar-refractivity contribution in [3.05, 3.63) is 0 Å². The molecule has 2 heterocycles. The Morgan fingerprint density at radius 2 is 2.22 bits per heavy atom. The van der Waals surface area contributed by atoms with Gasteiger partial charge in [-0.1, -0.05) is 0 Å². The van der Waals surface area contributed by atoms with Crippen molar-refractivity contribution in [2.75, 3.05) is 32.7 Å². The normalized spacial score (nSPS) is 28.1. The fourth-order valence-corrected chi connectivity index (χ4v) is 2.80. The lowest BCUT2D eigenvalue weighted by Gasteiger charge is -2.34. The van der Waals surface area contributed by atoms with E-state index in [0.29, 0.717) is 12.5 Å². The highest BCUT2D eigenvalue weighted by molar-refractivity contribution is 5.79. The number of primary amides is 1. The SMILES string of the molecule is NC(=O)NCC1CCCN(C(=O)C2CCNC2)C1. The van der Waals surface area contributed by atoms with Crippen molar-refractivity contribution in [3.8, 4) is 0 Å². The molecule has 2 aliphatic rings. The molecule has 18 heavy (non-hydrogen) atoms. The van der Waals surface area contributed by atoms with E-state index < -0.39 is 6.03 Å².